The molecule has 0 unspecified atom stereocenters. The molecule has 0 radical (unpaired) electrons. The number of ether oxygens (including phenoxy) is 2. The van der Waals surface area contributed by atoms with Crippen LogP contribution in [0.1, 0.15) is 50.7 Å². The summed E-state index contributed by atoms with van der Waals surface area (Å²) in [6.45, 7) is 11.5. The third kappa shape index (κ3) is 4.43. The van der Waals surface area contributed by atoms with Crippen molar-refractivity contribution in [3.8, 4) is 0 Å². The molecule has 1 aromatic rings. The first-order chi connectivity index (χ1) is 8.70. The SMILES string of the molecule is CCOCC(COCC)c1ccccc1C(C)C. The Morgan fingerprint density at radius 1 is 0.889 bits per heavy atom. The lowest BCUT2D eigenvalue weighted by Crippen LogP contribution is -2.16. The predicted molar refractivity (Wildman–Crippen MR) is 76.3 cm³/mol. The molecule has 0 atom stereocenters. The molecule has 0 saturated carbocycles. The highest BCUT2D eigenvalue weighted by Crippen LogP contribution is 2.26. The van der Waals surface area contributed by atoms with Crippen LogP contribution in [0.4, 0.5) is 0 Å². The lowest BCUT2D eigenvalue weighted by Gasteiger charge is -2.22. The van der Waals surface area contributed by atoms with Crippen molar-refractivity contribution in [3.05, 3.63) is 35.4 Å². The van der Waals surface area contributed by atoms with Gasteiger partial charge in [-0.05, 0) is 30.9 Å². The third-order valence-corrected chi connectivity index (χ3v) is 3.10. The van der Waals surface area contributed by atoms with E-state index in [4.69, 9.17) is 9.47 Å². The molecule has 2 nitrogen and oxygen atoms in total. The first kappa shape index (κ1) is 15.2. The average Bonchev–Trinajstić information content (AvgIpc) is 2.39. The minimum atomic E-state index is 0.337. The second-order valence-corrected chi connectivity index (χ2v) is 4.80. The minimum absolute atomic E-state index is 0.337. The third-order valence-electron chi connectivity index (χ3n) is 3.10. The van der Waals surface area contributed by atoms with Gasteiger partial charge in [-0.2, -0.15) is 0 Å². The van der Waals surface area contributed by atoms with E-state index in [1.165, 1.54) is 11.1 Å². The summed E-state index contributed by atoms with van der Waals surface area (Å²) in [6, 6.07) is 8.63. The van der Waals surface area contributed by atoms with E-state index in [9.17, 15) is 0 Å². The molecule has 0 aliphatic rings. The van der Waals surface area contributed by atoms with Crippen LogP contribution in [0.3, 0.4) is 0 Å². The Hall–Kier alpha value is -0.860. The second kappa shape index (κ2) is 8.28. The van der Waals surface area contributed by atoms with Crippen LogP contribution in [0.2, 0.25) is 0 Å². The van der Waals surface area contributed by atoms with Gasteiger partial charge in [-0.25, -0.2) is 0 Å². The summed E-state index contributed by atoms with van der Waals surface area (Å²) in [7, 11) is 0. The van der Waals surface area contributed by atoms with Crippen molar-refractivity contribution < 1.29 is 9.47 Å². The maximum Gasteiger partial charge on any atom is 0.0556 e. The highest BCUT2D eigenvalue weighted by molar-refractivity contribution is 5.33. The van der Waals surface area contributed by atoms with Gasteiger partial charge < -0.3 is 9.47 Å². The lowest BCUT2D eigenvalue weighted by atomic mass is 9.89. The van der Waals surface area contributed by atoms with Crippen LogP contribution >= 0.6 is 0 Å². The van der Waals surface area contributed by atoms with Crippen molar-refractivity contribution in [1.29, 1.82) is 0 Å². The first-order valence-corrected chi connectivity index (χ1v) is 6.94. The van der Waals surface area contributed by atoms with E-state index < -0.39 is 0 Å². The zero-order chi connectivity index (χ0) is 13.4. The fourth-order valence-electron chi connectivity index (χ4n) is 2.16. The first-order valence-electron chi connectivity index (χ1n) is 6.94. The van der Waals surface area contributed by atoms with Gasteiger partial charge in [0.15, 0.2) is 0 Å². The minimum Gasteiger partial charge on any atom is -0.381 e. The van der Waals surface area contributed by atoms with E-state index in [2.05, 4.69) is 38.1 Å². The molecule has 1 rings (SSSR count). The molecule has 1 aromatic carbocycles. The molecular weight excluding hydrogens is 224 g/mol. The zero-order valence-corrected chi connectivity index (χ0v) is 12.1. The van der Waals surface area contributed by atoms with Gasteiger partial charge in [-0.1, -0.05) is 38.1 Å². The van der Waals surface area contributed by atoms with Crippen LogP contribution in [0.5, 0.6) is 0 Å². The summed E-state index contributed by atoms with van der Waals surface area (Å²) in [4.78, 5) is 0. The van der Waals surface area contributed by atoms with Gasteiger partial charge in [0.1, 0.15) is 0 Å². The van der Waals surface area contributed by atoms with Gasteiger partial charge >= 0.3 is 0 Å². The highest BCUT2D eigenvalue weighted by atomic mass is 16.5. The van der Waals surface area contributed by atoms with E-state index in [0.29, 0.717) is 11.8 Å². The molecule has 0 saturated heterocycles. The Morgan fingerprint density at radius 3 is 1.83 bits per heavy atom. The predicted octanol–water partition coefficient (Wildman–Crippen LogP) is 3.97. The van der Waals surface area contributed by atoms with Crippen LogP contribution in [0.15, 0.2) is 24.3 Å². The summed E-state index contributed by atoms with van der Waals surface area (Å²) in [5.41, 5.74) is 2.77. The molecule has 0 aromatic heterocycles. The standard InChI is InChI=1S/C16H26O2/c1-5-17-11-14(12-18-6-2)16-10-8-7-9-15(16)13(3)4/h7-10,13-14H,5-6,11-12H2,1-4H3. The van der Waals surface area contributed by atoms with Crippen molar-refractivity contribution in [2.75, 3.05) is 26.4 Å². The van der Waals surface area contributed by atoms with E-state index in [-0.39, 0.29) is 0 Å². The lowest BCUT2D eigenvalue weighted by molar-refractivity contribution is 0.0754. The van der Waals surface area contributed by atoms with Gasteiger partial charge in [0.2, 0.25) is 0 Å². The highest BCUT2D eigenvalue weighted by Gasteiger charge is 2.17. The van der Waals surface area contributed by atoms with Crippen LogP contribution in [0.25, 0.3) is 0 Å². The molecule has 18 heavy (non-hydrogen) atoms. The molecule has 0 heterocycles. The molecular formula is C16H26O2. The van der Waals surface area contributed by atoms with Crippen molar-refractivity contribution in [1.82, 2.24) is 0 Å². The summed E-state index contributed by atoms with van der Waals surface area (Å²) < 4.78 is 11.2. The maximum atomic E-state index is 5.60. The van der Waals surface area contributed by atoms with Crippen LogP contribution in [-0.2, 0) is 9.47 Å². The van der Waals surface area contributed by atoms with Gasteiger partial charge in [0.05, 0.1) is 13.2 Å². The van der Waals surface area contributed by atoms with Crippen molar-refractivity contribution in [2.24, 2.45) is 0 Å². The topological polar surface area (TPSA) is 18.5 Å². The fourth-order valence-corrected chi connectivity index (χ4v) is 2.16. The normalized spacial score (nSPS) is 11.4. The quantitative estimate of drug-likeness (QED) is 0.695. The number of rotatable bonds is 8. The smallest absolute Gasteiger partial charge is 0.0556 e. The molecule has 0 aliphatic carbocycles. The van der Waals surface area contributed by atoms with Gasteiger partial charge in [0, 0.05) is 19.1 Å². The molecule has 102 valence electrons. The molecule has 0 bridgehead atoms. The summed E-state index contributed by atoms with van der Waals surface area (Å²) >= 11 is 0. The summed E-state index contributed by atoms with van der Waals surface area (Å²) in [5, 5.41) is 0. The molecule has 0 aliphatic heterocycles. The fraction of sp³-hybridized carbons (Fsp3) is 0.625. The molecule has 2 heteroatoms. The second-order valence-electron chi connectivity index (χ2n) is 4.80. The summed E-state index contributed by atoms with van der Waals surface area (Å²) in [6.07, 6.45) is 0. The van der Waals surface area contributed by atoms with E-state index in [0.717, 1.165) is 26.4 Å². The van der Waals surface area contributed by atoms with Crippen molar-refractivity contribution in [2.45, 2.75) is 39.5 Å². The summed E-state index contributed by atoms with van der Waals surface area (Å²) in [5.74, 6) is 0.871. The number of hydrogen-bond donors (Lipinski definition) is 0. The van der Waals surface area contributed by atoms with E-state index >= 15 is 0 Å². The maximum absolute atomic E-state index is 5.60. The van der Waals surface area contributed by atoms with Crippen LogP contribution in [-0.4, -0.2) is 26.4 Å². The monoisotopic (exact) mass is 250 g/mol. The van der Waals surface area contributed by atoms with E-state index in [1.807, 2.05) is 13.8 Å². The van der Waals surface area contributed by atoms with Crippen LogP contribution < -0.4 is 0 Å². The molecule has 0 amide bonds. The Bertz CT molecular complexity index is 326. The Kier molecular flexibility index (Phi) is 6.99. The largest absolute Gasteiger partial charge is 0.381 e. The number of benzene rings is 1. The number of hydrogen-bond acceptors (Lipinski definition) is 2. The molecule has 0 spiro atoms. The Morgan fingerprint density at radius 2 is 1.39 bits per heavy atom. The van der Waals surface area contributed by atoms with Crippen molar-refractivity contribution in [3.63, 3.8) is 0 Å². The average molecular weight is 250 g/mol. The Labute approximate surface area is 111 Å². The zero-order valence-electron chi connectivity index (χ0n) is 12.1. The van der Waals surface area contributed by atoms with Gasteiger partial charge in [-0.15, -0.1) is 0 Å². The Balaban J connectivity index is 2.88. The van der Waals surface area contributed by atoms with Gasteiger partial charge in [-0.3, -0.25) is 0 Å². The molecule has 0 N–H and O–H groups in total. The van der Waals surface area contributed by atoms with Crippen molar-refractivity contribution >= 4 is 0 Å². The van der Waals surface area contributed by atoms with Crippen LogP contribution in [0, 0.1) is 0 Å². The molecule has 0 fully saturated rings. The van der Waals surface area contributed by atoms with Gasteiger partial charge in [0.25, 0.3) is 0 Å². The van der Waals surface area contributed by atoms with E-state index in [1.54, 1.807) is 0 Å².